The van der Waals surface area contributed by atoms with Gasteiger partial charge in [-0.15, -0.1) is 21.5 Å². The Balaban J connectivity index is 1.59. The number of hydrogen-bond acceptors (Lipinski definition) is 8. The van der Waals surface area contributed by atoms with E-state index in [2.05, 4.69) is 10.2 Å². The smallest absolute Gasteiger partial charge is 0.258 e. The summed E-state index contributed by atoms with van der Waals surface area (Å²) in [7, 11) is -3.60. The third-order valence-electron chi connectivity index (χ3n) is 5.59. The van der Waals surface area contributed by atoms with Crippen molar-refractivity contribution in [3.63, 3.8) is 0 Å². The van der Waals surface area contributed by atoms with Crippen molar-refractivity contribution in [2.45, 2.75) is 30.9 Å². The SMILES string of the molecule is CC1(C)CC(=O)c2c(S(C)(=O)=O)sc(-c3nnc(-c4ccccc4Oc4ccccc4)o3)c2C1. The molecule has 4 aromatic rings. The number of Topliss-reactive ketones (excluding diaryl/α,β-unsaturated/α-hetero) is 1. The largest absolute Gasteiger partial charge is 0.457 e. The van der Waals surface area contributed by atoms with Crippen molar-refractivity contribution in [3.05, 3.63) is 65.7 Å². The maximum atomic E-state index is 12.9. The number of rotatable bonds is 5. The number of thiophene rings is 1. The zero-order valence-corrected chi connectivity index (χ0v) is 20.5. The van der Waals surface area contributed by atoms with Gasteiger partial charge < -0.3 is 9.15 Å². The van der Waals surface area contributed by atoms with Gasteiger partial charge in [-0.25, -0.2) is 8.42 Å². The molecule has 0 aliphatic heterocycles. The molecule has 0 amide bonds. The summed E-state index contributed by atoms with van der Waals surface area (Å²) in [5, 5.41) is 8.44. The molecule has 7 nitrogen and oxygen atoms in total. The van der Waals surface area contributed by atoms with E-state index in [0.717, 1.165) is 17.6 Å². The Morgan fingerprint density at radius 2 is 1.65 bits per heavy atom. The van der Waals surface area contributed by atoms with Crippen molar-refractivity contribution in [3.8, 4) is 33.7 Å². The molecule has 5 rings (SSSR count). The molecule has 2 heterocycles. The Morgan fingerprint density at radius 3 is 2.38 bits per heavy atom. The minimum atomic E-state index is -3.60. The average molecular weight is 495 g/mol. The second kappa shape index (κ2) is 8.18. The molecule has 174 valence electrons. The molecule has 0 fully saturated rings. The minimum Gasteiger partial charge on any atom is -0.457 e. The van der Waals surface area contributed by atoms with Gasteiger partial charge in [0, 0.05) is 12.7 Å². The highest BCUT2D eigenvalue weighted by atomic mass is 32.2. The van der Waals surface area contributed by atoms with Crippen molar-refractivity contribution in [2.75, 3.05) is 6.26 Å². The van der Waals surface area contributed by atoms with Gasteiger partial charge in [0.2, 0.25) is 0 Å². The fourth-order valence-corrected chi connectivity index (χ4v) is 6.62. The van der Waals surface area contributed by atoms with Gasteiger partial charge in [0.05, 0.1) is 16.0 Å². The lowest BCUT2D eigenvalue weighted by Gasteiger charge is -2.29. The van der Waals surface area contributed by atoms with E-state index in [-0.39, 0.29) is 39.2 Å². The van der Waals surface area contributed by atoms with Gasteiger partial charge in [0.25, 0.3) is 11.8 Å². The van der Waals surface area contributed by atoms with Crippen LogP contribution in [0, 0.1) is 5.41 Å². The van der Waals surface area contributed by atoms with E-state index in [0.29, 0.717) is 33.9 Å². The summed E-state index contributed by atoms with van der Waals surface area (Å²) in [5.41, 5.74) is 1.24. The van der Waals surface area contributed by atoms with E-state index >= 15 is 0 Å². The summed E-state index contributed by atoms with van der Waals surface area (Å²) in [6.07, 6.45) is 1.95. The monoisotopic (exact) mass is 494 g/mol. The van der Waals surface area contributed by atoms with E-state index in [4.69, 9.17) is 9.15 Å². The summed E-state index contributed by atoms with van der Waals surface area (Å²) >= 11 is 1.02. The second-order valence-corrected chi connectivity index (χ2v) is 12.3. The third-order valence-corrected chi connectivity index (χ3v) is 8.64. The van der Waals surface area contributed by atoms with Gasteiger partial charge in [-0.1, -0.05) is 44.2 Å². The number of para-hydroxylation sites is 2. The van der Waals surface area contributed by atoms with Crippen LogP contribution in [0.1, 0.15) is 36.2 Å². The van der Waals surface area contributed by atoms with E-state index in [1.54, 1.807) is 0 Å². The molecule has 0 N–H and O–H groups in total. The molecular weight excluding hydrogens is 472 g/mol. The van der Waals surface area contributed by atoms with Crippen LogP contribution < -0.4 is 4.74 Å². The Kier molecular flexibility index (Phi) is 5.41. The molecule has 0 atom stereocenters. The van der Waals surface area contributed by atoms with Gasteiger partial charge in [0.1, 0.15) is 15.7 Å². The predicted molar refractivity (Wildman–Crippen MR) is 129 cm³/mol. The standard InChI is InChI=1S/C25H22N2O5S2/c1-25(2)13-17-20(18(28)14-25)24(34(3,29)30)33-21(17)23-27-26-22(32-23)16-11-7-8-12-19(16)31-15-9-5-4-6-10-15/h4-12H,13-14H2,1-3H3. The van der Waals surface area contributed by atoms with Gasteiger partial charge in [-0.2, -0.15) is 0 Å². The number of sulfone groups is 1. The van der Waals surface area contributed by atoms with E-state index in [1.807, 2.05) is 68.4 Å². The summed E-state index contributed by atoms with van der Waals surface area (Å²) < 4.78 is 37.1. The van der Waals surface area contributed by atoms with Crippen molar-refractivity contribution >= 4 is 27.0 Å². The molecule has 0 unspecified atom stereocenters. The molecular formula is C25H22N2O5S2. The fraction of sp³-hybridized carbons (Fsp3) is 0.240. The second-order valence-electron chi connectivity index (χ2n) is 9.11. The van der Waals surface area contributed by atoms with E-state index in [1.165, 1.54) is 0 Å². The average Bonchev–Trinajstić information content (AvgIpc) is 3.39. The van der Waals surface area contributed by atoms with Crippen molar-refractivity contribution < 1.29 is 22.4 Å². The summed E-state index contributed by atoms with van der Waals surface area (Å²) in [6.45, 7) is 3.98. The number of carbonyl (C=O) groups is 1. The lowest BCUT2D eigenvalue weighted by atomic mass is 9.74. The molecule has 0 spiro atoms. The quantitative estimate of drug-likeness (QED) is 0.345. The van der Waals surface area contributed by atoms with Gasteiger partial charge in [-0.05, 0) is 41.7 Å². The number of benzene rings is 2. The van der Waals surface area contributed by atoms with Crippen molar-refractivity contribution in [2.24, 2.45) is 5.41 Å². The first-order chi connectivity index (χ1) is 16.1. The highest BCUT2D eigenvalue weighted by Gasteiger charge is 2.39. The number of hydrogen-bond donors (Lipinski definition) is 0. The molecule has 0 radical (unpaired) electrons. The zero-order valence-electron chi connectivity index (χ0n) is 18.9. The van der Waals surface area contributed by atoms with Crippen molar-refractivity contribution in [1.82, 2.24) is 10.2 Å². The summed E-state index contributed by atoms with van der Waals surface area (Å²) in [5.74, 6) is 1.47. The first-order valence-electron chi connectivity index (χ1n) is 10.7. The molecule has 2 aromatic heterocycles. The zero-order chi connectivity index (χ0) is 24.1. The van der Waals surface area contributed by atoms with Gasteiger partial charge >= 0.3 is 0 Å². The van der Waals surface area contributed by atoms with E-state index < -0.39 is 9.84 Å². The Hall–Kier alpha value is -3.30. The molecule has 0 bridgehead atoms. The van der Waals surface area contributed by atoms with E-state index in [9.17, 15) is 13.2 Å². The normalized spacial score (nSPS) is 15.2. The Labute approximate surface area is 201 Å². The first-order valence-corrected chi connectivity index (χ1v) is 13.4. The van der Waals surface area contributed by atoms with Crippen LogP contribution in [-0.4, -0.2) is 30.7 Å². The summed E-state index contributed by atoms with van der Waals surface area (Å²) in [6, 6.07) is 16.7. The summed E-state index contributed by atoms with van der Waals surface area (Å²) in [4.78, 5) is 13.4. The number of ether oxygens (including phenoxy) is 1. The van der Waals surface area contributed by atoms with Crippen LogP contribution in [0.5, 0.6) is 11.5 Å². The van der Waals surface area contributed by atoms with Crippen LogP contribution >= 0.6 is 11.3 Å². The lowest BCUT2D eigenvalue weighted by Crippen LogP contribution is -2.27. The highest BCUT2D eigenvalue weighted by molar-refractivity contribution is 7.93. The molecule has 1 aliphatic rings. The molecule has 9 heteroatoms. The number of fused-ring (bicyclic) bond motifs is 1. The fourth-order valence-electron chi connectivity index (χ4n) is 4.16. The number of ketones is 1. The molecule has 0 saturated heterocycles. The molecule has 1 aliphatic carbocycles. The van der Waals surface area contributed by atoms with Gasteiger partial charge in [-0.3, -0.25) is 4.79 Å². The number of aromatic nitrogens is 2. The van der Waals surface area contributed by atoms with Crippen LogP contribution in [0.15, 0.2) is 63.2 Å². The van der Waals surface area contributed by atoms with Crippen LogP contribution in [0.2, 0.25) is 0 Å². The van der Waals surface area contributed by atoms with Crippen molar-refractivity contribution in [1.29, 1.82) is 0 Å². The predicted octanol–water partition coefficient (Wildman–Crippen LogP) is 5.82. The van der Waals surface area contributed by atoms with Crippen LogP contribution in [-0.2, 0) is 16.3 Å². The minimum absolute atomic E-state index is 0.0607. The first kappa shape index (κ1) is 22.5. The Bertz CT molecular complexity index is 1500. The molecule has 2 aromatic carbocycles. The lowest BCUT2D eigenvalue weighted by molar-refractivity contribution is 0.0910. The van der Waals surface area contributed by atoms with Crippen LogP contribution in [0.4, 0.5) is 0 Å². The topological polar surface area (TPSA) is 99.4 Å². The van der Waals surface area contributed by atoms with Gasteiger partial charge in [0.15, 0.2) is 15.6 Å². The Morgan fingerprint density at radius 1 is 0.971 bits per heavy atom. The maximum Gasteiger partial charge on any atom is 0.258 e. The number of nitrogens with zero attached hydrogens (tertiary/aromatic N) is 2. The maximum absolute atomic E-state index is 12.9. The third kappa shape index (κ3) is 4.17. The molecule has 0 saturated carbocycles. The molecule has 34 heavy (non-hydrogen) atoms. The van der Waals surface area contributed by atoms with Crippen LogP contribution in [0.3, 0.4) is 0 Å². The highest BCUT2D eigenvalue weighted by Crippen LogP contribution is 2.47. The number of carbonyl (C=O) groups excluding carboxylic acids is 1. The van der Waals surface area contributed by atoms with Crippen LogP contribution in [0.25, 0.3) is 22.2 Å².